The van der Waals surface area contributed by atoms with E-state index < -0.39 is 5.54 Å². The summed E-state index contributed by atoms with van der Waals surface area (Å²) in [6.45, 7) is 9.70. The first kappa shape index (κ1) is 15.4. The van der Waals surface area contributed by atoms with Crippen molar-refractivity contribution in [2.24, 2.45) is 5.41 Å². The molecule has 0 fully saturated rings. The SMILES string of the molecule is CNC(C)(C)C(=O)NCC(C)(C)CN(C)C. The maximum atomic E-state index is 11.8. The predicted octanol–water partition coefficient (Wildman–Crippen LogP) is 0.688. The fourth-order valence-corrected chi connectivity index (χ4v) is 1.57. The summed E-state index contributed by atoms with van der Waals surface area (Å²) in [6, 6.07) is 0. The molecule has 0 rings (SSSR count). The summed E-state index contributed by atoms with van der Waals surface area (Å²) in [5, 5.41) is 5.99. The summed E-state index contributed by atoms with van der Waals surface area (Å²) in [5.41, 5.74) is -0.419. The monoisotopic (exact) mass is 229 g/mol. The summed E-state index contributed by atoms with van der Waals surface area (Å²) in [6.07, 6.45) is 0. The quantitative estimate of drug-likeness (QED) is 0.704. The number of nitrogens with one attached hydrogen (secondary N) is 2. The maximum absolute atomic E-state index is 11.8. The first-order chi connectivity index (χ1) is 7.10. The van der Waals surface area contributed by atoms with Crippen LogP contribution in [0, 0.1) is 5.41 Å². The number of likely N-dealkylation sites (N-methyl/N-ethyl adjacent to an activating group) is 1. The molecule has 0 aliphatic rings. The highest BCUT2D eigenvalue weighted by Gasteiger charge is 2.27. The molecule has 0 aliphatic heterocycles. The second kappa shape index (κ2) is 5.64. The molecule has 0 aromatic rings. The number of hydrogen-bond donors (Lipinski definition) is 2. The smallest absolute Gasteiger partial charge is 0.239 e. The molecule has 0 radical (unpaired) electrons. The topological polar surface area (TPSA) is 44.4 Å². The highest BCUT2D eigenvalue weighted by atomic mass is 16.2. The van der Waals surface area contributed by atoms with Crippen molar-refractivity contribution in [3.8, 4) is 0 Å². The van der Waals surface area contributed by atoms with Crippen LogP contribution in [-0.4, -0.2) is 50.6 Å². The Labute approximate surface area is 99.8 Å². The molecule has 0 atom stereocenters. The second-order valence-corrected chi connectivity index (χ2v) is 5.96. The van der Waals surface area contributed by atoms with Gasteiger partial charge in [-0.15, -0.1) is 0 Å². The first-order valence-electron chi connectivity index (χ1n) is 5.73. The average Bonchev–Trinajstić information content (AvgIpc) is 2.12. The molecule has 0 aliphatic carbocycles. The molecule has 4 heteroatoms. The first-order valence-corrected chi connectivity index (χ1v) is 5.73. The molecule has 1 amide bonds. The van der Waals surface area contributed by atoms with Crippen LogP contribution >= 0.6 is 0 Å². The number of nitrogens with zero attached hydrogens (tertiary/aromatic N) is 1. The van der Waals surface area contributed by atoms with Gasteiger partial charge in [0.15, 0.2) is 0 Å². The van der Waals surface area contributed by atoms with Gasteiger partial charge in [0, 0.05) is 13.1 Å². The summed E-state index contributed by atoms with van der Waals surface area (Å²) >= 11 is 0. The lowest BCUT2D eigenvalue weighted by atomic mass is 9.92. The van der Waals surface area contributed by atoms with Gasteiger partial charge in [-0.1, -0.05) is 13.8 Å². The van der Waals surface area contributed by atoms with Crippen LogP contribution in [0.25, 0.3) is 0 Å². The van der Waals surface area contributed by atoms with Crippen LogP contribution in [0.2, 0.25) is 0 Å². The maximum Gasteiger partial charge on any atom is 0.239 e. The Kier molecular flexibility index (Phi) is 5.42. The predicted molar refractivity (Wildman–Crippen MR) is 68.5 cm³/mol. The van der Waals surface area contributed by atoms with Crippen molar-refractivity contribution in [1.29, 1.82) is 0 Å². The van der Waals surface area contributed by atoms with E-state index in [2.05, 4.69) is 29.4 Å². The Hall–Kier alpha value is -0.610. The van der Waals surface area contributed by atoms with Crippen LogP contribution in [0.3, 0.4) is 0 Å². The Morgan fingerprint density at radius 3 is 2.06 bits per heavy atom. The number of hydrogen-bond acceptors (Lipinski definition) is 3. The minimum atomic E-state index is -0.506. The number of amides is 1. The van der Waals surface area contributed by atoms with Gasteiger partial charge >= 0.3 is 0 Å². The van der Waals surface area contributed by atoms with Crippen molar-refractivity contribution in [3.05, 3.63) is 0 Å². The third-order valence-corrected chi connectivity index (χ3v) is 2.66. The van der Waals surface area contributed by atoms with Crippen LogP contribution in [0.5, 0.6) is 0 Å². The van der Waals surface area contributed by atoms with E-state index in [0.29, 0.717) is 6.54 Å². The Bertz CT molecular complexity index is 234. The fourth-order valence-electron chi connectivity index (χ4n) is 1.57. The summed E-state index contributed by atoms with van der Waals surface area (Å²) in [5.74, 6) is 0.0434. The van der Waals surface area contributed by atoms with Crippen LogP contribution in [-0.2, 0) is 4.79 Å². The molecule has 0 saturated heterocycles. The zero-order chi connectivity index (χ0) is 13.0. The minimum Gasteiger partial charge on any atom is -0.354 e. The summed E-state index contributed by atoms with van der Waals surface area (Å²) in [7, 11) is 5.88. The second-order valence-electron chi connectivity index (χ2n) is 5.96. The molecule has 2 N–H and O–H groups in total. The van der Waals surface area contributed by atoms with Gasteiger partial charge in [0.1, 0.15) is 0 Å². The van der Waals surface area contributed by atoms with Crippen LogP contribution in [0.1, 0.15) is 27.7 Å². The van der Waals surface area contributed by atoms with Crippen molar-refractivity contribution in [3.63, 3.8) is 0 Å². The van der Waals surface area contributed by atoms with Gasteiger partial charge in [0.2, 0.25) is 5.91 Å². The van der Waals surface area contributed by atoms with E-state index in [9.17, 15) is 4.79 Å². The Morgan fingerprint density at radius 1 is 1.19 bits per heavy atom. The van der Waals surface area contributed by atoms with Crippen molar-refractivity contribution in [2.75, 3.05) is 34.2 Å². The van der Waals surface area contributed by atoms with Gasteiger partial charge in [-0.05, 0) is 40.4 Å². The molecule has 4 nitrogen and oxygen atoms in total. The lowest BCUT2D eigenvalue weighted by Crippen LogP contribution is -2.53. The van der Waals surface area contributed by atoms with Gasteiger partial charge < -0.3 is 15.5 Å². The van der Waals surface area contributed by atoms with Crippen LogP contribution < -0.4 is 10.6 Å². The normalized spacial score (nSPS) is 13.0. The van der Waals surface area contributed by atoms with E-state index >= 15 is 0 Å². The number of carbonyl (C=O) groups is 1. The largest absolute Gasteiger partial charge is 0.354 e. The van der Waals surface area contributed by atoms with Gasteiger partial charge in [-0.2, -0.15) is 0 Å². The number of rotatable bonds is 6. The zero-order valence-electron chi connectivity index (χ0n) is 11.8. The number of carbonyl (C=O) groups excluding carboxylic acids is 1. The van der Waals surface area contributed by atoms with Crippen molar-refractivity contribution >= 4 is 5.91 Å². The van der Waals surface area contributed by atoms with Gasteiger partial charge in [-0.25, -0.2) is 0 Å². The highest BCUT2D eigenvalue weighted by Crippen LogP contribution is 2.14. The summed E-state index contributed by atoms with van der Waals surface area (Å²) in [4.78, 5) is 14.0. The van der Waals surface area contributed by atoms with E-state index in [1.54, 1.807) is 7.05 Å². The molecule has 0 heterocycles. The minimum absolute atomic E-state index is 0.0434. The van der Waals surface area contributed by atoms with Gasteiger partial charge in [-0.3, -0.25) is 4.79 Å². The molecular weight excluding hydrogens is 202 g/mol. The molecule has 16 heavy (non-hydrogen) atoms. The van der Waals surface area contributed by atoms with E-state index in [0.717, 1.165) is 6.54 Å². The van der Waals surface area contributed by atoms with Crippen molar-refractivity contribution < 1.29 is 4.79 Å². The Morgan fingerprint density at radius 2 is 1.69 bits per heavy atom. The molecule has 0 bridgehead atoms. The molecule has 0 aromatic heterocycles. The van der Waals surface area contributed by atoms with Crippen LogP contribution in [0.15, 0.2) is 0 Å². The molecule has 0 unspecified atom stereocenters. The van der Waals surface area contributed by atoms with E-state index in [-0.39, 0.29) is 11.3 Å². The molecule has 0 aromatic carbocycles. The third kappa shape index (κ3) is 5.47. The molecular formula is C12H27N3O. The highest BCUT2D eigenvalue weighted by molar-refractivity contribution is 5.85. The van der Waals surface area contributed by atoms with E-state index in [1.165, 1.54) is 0 Å². The van der Waals surface area contributed by atoms with Gasteiger partial charge in [0.25, 0.3) is 0 Å². The summed E-state index contributed by atoms with van der Waals surface area (Å²) < 4.78 is 0. The molecule has 0 spiro atoms. The molecule has 96 valence electrons. The molecule has 0 saturated carbocycles. The zero-order valence-corrected chi connectivity index (χ0v) is 11.8. The van der Waals surface area contributed by atoms with Crippen molar-refractivity contribution in [1.82, 2.24) is 15.5 Å². The van der Waals surface area contributed by atoms with Crippen LogP contribution in [0.4, 0.5) is 0 Å². The van der Waals surface area contributed by atoms with Crippen molar-refractivity contribution in [2.45, 2.75) is 33.2 Å². The fraction of sp³-hybridized carbons (Fsp3) is 0.917. The average molecular weight is 229 g/mol. The third-order valence-electron chi connectivity index (χ3n) is 2.66. The van der Waals surface area contributed by atoms with Gasteiger partial charge in [0.05, 0.1) is 5.54 Å². The van der Waals surface area contributed by atoms with E-state index in [4.69, 9.17) is 0 Å². The lowest BCUT2D eigenvalue weighted by Gasteiger charge is -2.30. The van der Waals surface area contributed by atoms with E-state index in [1.807, 2.05) is 27.9 Å². The Balaban J connectivity index is 4.19. The lowest BCUT2D eigenvalue weighted by molar-refractivity contribution is -0.126. The standard InChI is InChI=1S/C12H27N3O/c1-11(2,9-15(6)7)8-14-10(16)12(3,4)13-5/h13H,8-9H2,1-7H3,(H,14,16).